The van der Waals surface area contributed by atoms with E-state index in [9.17, 15) is 9.18 Å². The van der Waals surface area contributed by atoms with Crippen molar-refractivity contribution in [3.63, 3.8) is 0 Å². The van der Waals surface area contributed by atoms with Crippen molar-refractivity contribution in [2.75, 3.05) is 0 Å². The van der Waals surface area contributed by atoms with Gasteiger partial charge in [0.15, 0.2) is 5.75 Å². The summed E-state index contributed by atoms with van der Waals surface area (Å²) in [5, 5.41) is 1.67. The molecule has 0 fully saturated rings. The summed E-state index contributed by atoms with van der Waals surface area (Å²) < 4.78 is 25.5. The Morgan fingerprint density at radius 3 is 2.38 bits per heavy atom. The van der Waals surface area contributed by atoms with Crippen LogP contribution in [0.3, 0.4) is 0 Å². The molecule has 0 amide bonds. The summed E-state index contributed by atoms with van der Waals surface area (Å²) in [7, 11) is 0. The Kier molecular flexibility index (Phi) is 3.23. The molecule has 2 aromatic heterocycles. The van der Waals surface area contributed by atoms with Crippen LogP contribution in [0.4, 0.5) is 4.39 Å². The van der Waals surface area contributed by atoms with Crippen LogP contribution >= 0.6 is 0 Å². The number of nitrogens with one attached hydrogen (secondary N) is 1. The molecule has 5 heteroatoms. The Hall–Kier alpha value is -3.86. The van der Waals surface area contributed by atoms with Gasteiger partial charge in [-0.2, -0.15) is 0 Å². The van der Waals surface area contributed by atoms with Gasteiger partial charge in [0.25, 0.3) is 0 Å². The number of aromatic nitrogens is 1. The van der Waals surface area contributed by atoms with Crippen LogP contribution in [0.1, 0.15) is 22.6 Å². The number of H-pyrrole nitrogens is 1. The summed E-state index contributed by atoms with van der Waals surface area (Å²) in [4.78, 5) is 16.4. The van der Waals surface area contributed by atoms with Crippen molar-refractivity contribution in [3.8, 4) is 11.6 Å². The summed E-state index contributed by atoms with van der Waals surface area (Å²) in [5.41, 5.74) is 2.99. The number of hydrogen-bond donors (Lipinski definition) is 1. The van der Waals surface area contributed by atoms with Gasteiger partial charge < -0.3 is 14.1 Å². The lowest BCUT2D eigenvalue weighted by atomic mass is 9.83. The minimum absolute atomic E-state index is 0.328. The second-order valence-electron chi connectivity index (χ2n) is 7.13. The summed E-state index contributed by atoms with van der Waals surface area (Å²) >= 11 is 0. The van der Waals surface area contributed by atoms with Gasteiger partial charge in [-0.25, -0.2) is 9.18 Å². The van der Waals surface area contributed by atoms with Gasteiger partial charge in [-0.3, -0.25) is 0 Å². The third-order valence-electron chi connectivity index (χ3n) is 5.49. The van der Waals surface area contributed by atoms with Gasteiger partial charge in [0.1, 0.15) is 11.4 Å². The van der Waals surface area contributed by atoms with Gasteiger partial charge in [0, 0.05) is 16.5 Å². The molecule has 140 valence electrons. The molecule has 1 atom stereocenters. The highest BCUT2D eigenvalue weighted by molar-refractivity contribution is 5.92. The van der Waals surface area contributed by atoms with Crippen LogP contribution in [0.25, 0.3) is 21.9 Å². The van der Waals surface area contributed by atoms with Crippen LogP contribution < -0.4 is 10.4 Å². The van der Waals surface area contributed by atoms with Gasteiger partial charge in [-0.05, 0) is 35.9 Å². The van der Waals surface area contributed by atoms with Crippen molar-refractivity contribution < 1.29 is 13.5 Å². The molecule has 1 aliphatic heterocycles. The Morgan fingerprint density at radius 2 is 1.55 bits per heavy atom. The molecule has 0 saturated heterocycles. The number of hydrogen-bond acceptors (Lipinski definition) is 3. The molecule has 0 radical (unpaired) electrons. The van der Waals surface area contributed by atoms with Crippen molar-refractivity contribution >= 4 is 21.9 Å². The average molecular weight is 383 g/mol. The van der Waals surface area contributed by atoms with Crippen molar-refractivity contribution in [1.29, 1.82) is 0 Å². The molecule has 0 spiro atoms. The van der Waals surface area contributed by atoms with Crippen LogP contribution in [-0.2, 0) is 0 Å². The molecule has 1 N–H and O–H groups in total. The minimum atomic E-state index is -0.455. The molecule has 3 heterocycles. The molecule has 3 aromatic carbocycles. The summed E-state index contributed by atoms with van der Waals surface area (Å²) in [6.45, 7) is 0. The van der Waals surface area contributed by atoms with E-state index in [4.69, 9.17) is 9.15 Å². The Morgan fingerprint density at radius 1 is 0.828 bits per heavy atom. The predicted octanol–water partition coefficient (Wildman–Crippen LogP) is 5.70. The Labute approximate surface area is 164 Å². The lowest BCUT2D eigenvalue weighted by Crippen LogP contribution is -2.20. The average Bonchev–Trinajstić information content (AvgIpc) is 3.11. The summed E-state index contributed by atoms with van der Waals surface area (Å²) in [6.07, 6.45) is 0. The first-order valence-electron chi connectivity index (χ1n) is 9.30. The number of para-hydroxylation sites is 2. The monoisotopic (exact) mass is 383 g/mol. The number of aromatic amines is 1. The molecular weight excluding hydrogens is 369 g/mol. The Bertz CT molecular complexity index is 1460. The fourth-order valence-corrected chi connectivity index (χ4v) is 4.24. The zero-order valence-corrected chi connectivity index (χ0v) is 15.1. The van der Waals surface area contributed by atoms with Crippen molar-refractivity contribution in [3.05, 3.63) is 106 Å². The molecular formula is C24H14FNO3. The van der Waals surface area contributed by atoms with E-state index < -0.39 is 11.5 Å². The third kappa shape index (κ3) is 2.27. The maximum atomic E-state index is 13.6. The normalized spacial score (nSPS) is 15.1. The molecule has 0 saturated carbocycles. The highest BCUT2D eigenvalue weighted by Crippen LogP contribution is 2.50. The maximum Gasteiger partial charge on any atom is 0.344 e. The van der Waals surface area contributed by atoms with Gasteiger partial charge in [-0.15, -0.1) is 0 Å². The molecule has 1 aliphatic rings. The van der Waals surface area contributed by atoms with Crippen LogP contribution in [0, 0.1) is 5.82 Å². The summed E-state index contributed by atoms with van der Waals surface area (Å²) in [5.74, 6) is 0.297. The highest BCUT2D eigenvalue weighted by atomic mass is 19.1. The Balaban J connectivity index is 1.75. The molecule has 0 aliphatic carbocycles. The lowest BCUT2D eigenvalue weighted by molar-refractivity contribution is 0.429. The van der Waals surface area contributed by atoms with Crippen LogP contribution in [-0.4, -0.2) is 4.98 Å². The van der Waals surface area contributed by atoms with Gasteiger partial charge >= 0.3 is 5.63 Å². The molecule has 0 bridgehead atoms. The molecule has 5 aromatic rings. The lowest BCUT2D eigenvalue weighted by Gasteiger charge is -2.26. The number of rotatable bonds is 1. The smallest absolute Gasteiger partial charge is 0.344 e. The third-order valence-corrected chi connectivity index (χ3v) is 5.49. The topological polar surface area (TPSA) is 55.2 Å². The molecule has 4 nitrogen and oxygen atoms in total. The van der Waals surface area contributed by atoms with Crippen molar-refractivity contribution in [1.82, 2.24) is 4.98 Å². The van der Waals surface area contributed by atoms with Crippen molar-refractivity contribution in [2.24, 2.45) is 0 Å². The van der Waals surface area contributed by atoms with Crippen LogP contribution in [0.15, 0.2) is 82.0 Å². The van der Waals surface area contributed by atoms with E-state index in [1.165, 1.54) is 12.1 Å². The second kappa shape index (κ2) is 5.82. The van der Waals surface area contributed by atoms with Crippen LogP contribution in [0.5, 0.6) is 11.6 Å². The first-order valence-corrected chi connectivity index (χ1v) is 9.30. The molecule has 1 unspecified atom stereocenters. The largest absolute Gasteiger partial charge is 0.439 e. The van der Waals surface area contributed by atoms with Crippen LogP contribution in [0.2, 0.25) is 0 Å². The van der Waals surface area contributed by atoms with E-state index in [2.05, 4.69) is 4.98 Å². The highest BCUT2D eigenvalue weighted by Gasteiger charge is 2.36. The first kappa shape index (κ1) is 16.1. The number of halogens is 1. The van der Waals surface area contributed by atoms with E-state index in [1.807, 2.05) is 42.5 Å². The van der Waals surface area contributed by atoms with Gasteiger partial charge in [-0.1, -0.05) is 42.5 Å². The second-order valence-corrected chi connectivity index (χ2v) is 7.13. The number of fused-ring (bicyclic) bond motifs is 6. The quantitative estimate of drug-likeness (QED) is 0.371. The first-order chi connectivity index (χ1) is 14.2. The SMILES string of the molecule is O=c1oc2ccccc2c2c1C(c1ccc(F)cc1)c1c([nH]c3ccccc13)O2. The number of ether oxygens (including phenoxy) is 1. The summed E-state index contributed by atoms with van der Waals surface area (Å²) in [6, 6.07) is 21.3. The minimum Gasteiger partial charge on any atom is -0.439 e. The van der Waals surface area contributed by atoms with E-state index in [-0.39, 0.29) is 5.82 Å². The molecule has 29 heavy (non-hydrogen) atoms. The van der Waals surface area contributed by atoms with E-state index >= 15 is 0 Å². The van der Waals surface area contributed by atoms with E-state index in [1.54, 1.807) is 18.2 Å². The van der Waals surface area contributed by atoms with Gasteiger partial charge in [0.2, 0.25) is 5.88 Å². The standard InChI is InChI=1S/C24H14FNO3/c25-14-11-9-13(10-12-14)19-20-15-5-1-3-7-17(15)26-23(20)29-22-16-6-2-4-8-18(16)28-24(27)21(19)22/h1-12,19,26H. The fraction of sp³-hybridized carbons (Fsp3) is 0.0417. The maximum absolute atomic E-state index is 13.6. The van der Waals surface area contributed by atoms with Crippen molar-refractivity contribution in [2.45, 2.75) is 5.92 Å². The fourth-order valence-electron chi connectivity index (χ4n) is 4.24. The zero-order chi connectivity index (χ0) is 19.5. The van der Waals surface area contributed by atoms with Gasteiger partial charge in [0.05, 0.1) is 16.9 Å². The predicted molar refractivity (Wildman–Crippen MR) is 108 cm³/mol. The van der Waals surface area contributed by atoms with E-state index in [0.29, 0.717) is 22.8 Å². The zero-order valence-electron chi connectivity index (χ0n) is 15.1. The number of benzene rings is 3. The molecule has 6 rings (SSSR count). The van der Waals surface area contributed by atoms with E-state index in [0.717, 1.165) is 27.4 Å².